The van der Waals surface area contributed by atoms with Crippen LogP contribution in [0.25, 0.3) is 0 Å². The highest BCUT2D eigenvalue weighted by Crippen LogP contribution is 2.11. The van der Waals surface area contributed by atoms with Gasteiger partial charge in [-0.15, -0.1) is 6.58 Å². The van der Waals surface area contributed by atoms with Gasteiger partial charge in [-0.05, 0) is 51.1 Å². The molecule has 0 fully saturated rings. The van der Waals surface area contributed by atoms with E-state index in [0.717, 1.165) is 13.0 Å². The molecular formula is C17H27N. The highest BCUT2D eigenvalue weighted by atomic mass is 14.9. The summed E-state index contributed by atoms with van der Waals surface area (Å²) in [7, 11) is 0. The molecule has 1 aromatic carbocycles. The quantitative estimate of drug-likeness (QED) is 0.506. The van der Waals surface area contributed by atoms with Crippen molar-refractivity contribution in [3.63, 3.8) is 0 Å². The van der Waals surface area contributed by atoms with Gasteiger partial charge in [-0.2, -0.15) is 0 Å². The molecule has 1 unspecified atom stereocenters. The molecule has 0 radical (unpaired) electrons. The van der Waals surface area contributed by atoms with E-state index in [4.69, 9.17) is 0 Å². The van der Waals surface area contributed by atoms with Crippen LogP contribution >= 0.6 is 0 Å². The highest BCUT2D eigenvalue weighted by molar-refractivity contribution is 5.22. The Morgan fingerprint density at radius 1 is 1.33 bits per heavy atom. The summed E-state index contributed by atoms with van der Waals surface area (Å²) in [6, 6.07) is 9.50. The fourth-order valence-electron chi connectivity index (χ4n) is 2.35. The smallest absolute Gasteiger partial charge is 0.00702 e. The zero-order valence-electron chi connectivity index (χ0n) is 11.9. The van der Waals surface area contributed by atoms with E-state index >= 15 is 0 Å². The molecule has 1 nitrogen and oxygen atoms in total. The van der Waals surface area contributed by atoms with Gasteiger partial charge in [-0.3, -0.25) is 0 Å². The number of hydrogen-bond acceptors (Lipinski definition) is 1. The normalized spacial score (nSPS) is 12.3. The number of unbranched alkanes of at least 4 members (excludes halogenated alkanes) is 1. The Morgan fingerprint density at radius 3 is 2.83 bits per heavy atom. The van der Waals surface area contributed by atoms with E-state index in [2.05, 4.69) is 50.0 Å². The van der Waals surface area contributed by atoms with Gasteiger partial charge in [-0.25, -0.2) is 0 Å². The van der Waals surface area contributed by atoms with Gasteiger partial charge in [0, 0.05) is 6.04 Å². The van der Waals surface area contributed by atoms with Gasteiger partial charge in [0.1, 0.15) is 0 Å². The lowest BCUT2D eigenvalue weighted by Gasteiger charge is -2.17. The number of nitrogens with one attached hydrogen (secondary N) is 1. The fraction of sp³-hybridized carbons (Fsp3) is 0.529. The second kappa shape index (κ2) is 8.93. The summed E-state index contributed by atoms with van der Waals surface area (Å²) in [4.78, 5) is 0. The fourth-order valence-corrected chi connectivity index (χ4v) is 2.35. The van der Waals surface area contributed by atoms with Crippen molar-refractivity contribution >= 4 is 0 Å². The molecule has 0 amide bonds. The Kier molecular flexibility index (Phi) is 7.43. The minimum Gasteiger partial charge on any atom is -0.314 e. The van der Waals surface area contributed by atoms with Gasteiger partial charge >= 0.3 is 0 Å². The predicted molar refractivity (Wildman–Crippen MR) is 81.0 cm³/mol. The summed E-state index contributed by atoms with van der Waals surface area (Å²) < 4.78 is 0. The average Bonchev–Trinajstić information content (AvgIpc) is 2.36. The maximum absolute atomic E-state index is 3.79. The van der Waals surface area contributed by atoms with E-state index in [9.17, 15) is 0 Å². The standard InChI is InChI=1S/C17H27N/c1-4-6-7-11-17(18-5-2)13-12-16-10-8-9-15(3)14-16/h4,8-10,14,17-18H,1,5-7,11-13H2,2-3H3. The van der Waals surface area contributed by atoms with Crippen LogP contribution in [0.3, 0.4) is 0 Å². The average molecular weight is 245 g/mol. The van der Waals surface area contributed by atoms with E-state index < -0.39 is 0 Å². The Hall–Kier alpha value is -1.08. The van der Waals surface area contributed by atoms with Crippen molar-refractivity contribution in [3.05, 3.63) is 48.0 Å². The van der Waals surface area contributed by atoms with E-state index in [1.54, 1.807) is 0 Å². The molecule has 0 aliphatic carbocycles. The molecule has 0 aliphatic rings. The second-order valence-corrected chi connectivity index (χ2v) is 5.00. The number of aryl methyl sites for hydroxylation is 2. The molecule has 100 valence electrons. The molecule has 0 bridgehead atoms. The lowest BCUT2D eigenvalue weighted by molar-refractivity contribution is 0.453. The van der Waals surface area contributed by atoms with Gasteiger partial charge < -0.3 is 5.32 Å². The van der Waals surface area contributed by atoms with Gasteiger partial charge in [0.25, 0.3) is 0 Å². The van der Waals surface area contributed by atoms with E-state index in [0.29, 0.717) is 6.04 Å². The van der Waals surface area contributed by atoms with E-state index in [1.807, 2.05) is 6.08 Å². The van der Waals surface area contributed by atoms with Crippen molar-refractivity contribution in [1.29, 1.82) is 0 Å². The van der Waals surface area contributed by atoms with Crippen molar-refractivity contribution in [1.82, 2.24) is 5.32 Å². The van der Waals surface area contributed by atoms with E-state index in [1.165, 1.54) is 36.8 Å². The first-order valence-corrected chi connectivity index (χ1v) is 7.16. The molecule has 0 aromatic heterocycles. The molecule has 1 heteroatoms. The van der Waals surface area contributed by atoms with Crippen molar-refractivity contribution in [3.8, 4) is 0 Å². The molecule has 0 aliphatic heterocycles. The van der Waals surface area contributed by atoms with Crippen LogP contribution < -0.4 is 5.32 Å². The molecule has 0 saturated heterocycles. The van der Waals surface area contributed by atoms with Crippen LogP contribution in [0.4, 0.5) is 0 Å². The predicted octanol–water partition coefficient (Wildman–Crippen LogP) is 4.26. The molecule has 0 saturated carbocycles. The number of hydrogen-bond donors (Lipinski definition) is 1. The lowest BCUT2D eigenvalue weighted by atomic mass is 10.00. The topological polar surface area (TPSA) is 12.0 Å². The highest BCUT2D eigenvalue weighted by Gasteiger charge is 2.06. The molecule has 1 N–H and O–H groups in total. The van der Waals surface area contributed by atoms with Crippen molar-refractivity contribution < 1.29 is 0 Å². The van der Waals surface area contributed by atoms with Crippen LogP contribution in [-0.2, 0) is 6.42 Å². The number of rotatable bonds is 9. The van der Waals surface area contributed by atoms with Crippen LogP contribution in [0.15, 0.2) is 36.9 Å². The van der Waals surface area contributed by atoms with Gasteiger partial charge in [-0.1, -0.05) is 42.8 Å². The number of benzene rings is 1. The minimum absolute atomic E-state index is 0.649. The summed E-state index contributed by atoms with van der Waals surface area (Å²) in [6.45, 7) is 9.20. The Morgan fingerprint density at radius 2 is 2.17 bits per heavy atom. The number of allylic oxidation sites excluding steroid dienone is 1. The SMILES string of the molecule is C=CCCCC(CCc1cccc(C)c1)NCC. The monoisotopic (exact) mass is 245 g/mol. The molecule has 1 aromatic rings. The summed E-state index contributed by atoms with van der Waals surface area (Å²) >= 11 is 0. The third-order valence-corrected chi connectivity index (χ3v) is 3.32. The summed E-state index contributed by atoms with van der Waals surface area (Å²) in [6.07, 6.45) is 8.05. The first-order chi connectivity index (χ1) is 8.76. The van der Waals surface area contributed by atoms with Crippen molar-refractivity contribution in [2.45, 2.75) is 52.0 Å². The summed E-state index contributed by atoms with van der Waals surface area (Å²) in [5.41, 5.74) is 2.82. The maximum Gasteiger partial charge on any atom is 0.00702 e. The second-order valence-electron chi connectivity index (χ2n) is 5.00. The van der Waals surface area contributed by atoms with Crippen molar-refractivity contribution in [2.24, 2.45) is 0 Å². The minimum atomic E-state index is 0.649. The zero-order valence-corrected chi connectivity index (χ0v) is 11.9. The van der Waals surface area contributed by atoms with E-state index in [-0.39, 0.29) is 0 Å². The van der Waals surface area contributed by atoms with Crippen LogP contribution in [0.1, 0.15) is 43.7 Å². The molecule has 1 atom stereocenters. The summed E-state index contributed by atoms with van der Waals surface area (Å²) in [5.74, 6) is 0. The molecule has 1 rings (SSSR count). The van der Waals surface area contributed by atoms with Gasteiger partial charge in [0.2, 0.25) is 0 Å². The Bertz CT molecular complexity index is 343. The third kappa shape index (κ3) is 6.02. The first-order valence-electron chi connectivity index (χ1n) is 7.16. The van der Waals surface area contributed by atoms with Crippen LogP contribution in [-0.4, -0.2) is 12.6 Å². The molecular weight excluding hydrogens is 218 g/mol. The zero-order chi connectivity index (χ0) is 13.2. The Balaban J connectivity index is 2.38. The van der Waals surface area contributed by atoms with Crippen molar-refractivity contribution in [2.75, 3.05) is 6.54 Å². The lowest BCUT2D eigenvalue weighted by Crippen LogP contribution is -2.29. The van der Waals surface area contributed by atoms with Crippen LogP contribution in [0.2, 0.25) is 0 Å². The van der Waals surface area contributed by atoms with Crippen LogP contribution in [0, 0.1) is 6.92 Å². The molecule has 18 heavy (non-hydrogen) atoms. The van der Waals surface area contributed by atoms with Gasteiger partial charge in [0.05, 0.1) is 0 Å². The first kappa shape index (κ1) is 15.0. The maximum atomic E-state index is 3.79. The largest absolute Gasteiger partial charge is 0.314 e. The van der Waals surface area contributed by atoms with Gasteiger partial charge in [0.15, 0.2) is 0 Å². The Labute approximate surface area is 112 Å². The van der Waals surface area contributed by atoms with Crippen LogP contribution in [0.5, 0.6) is 0 Å². The third-order valence-electron chi connectivity index (χ3n) is 3.32. The summed E-state index contributed by atoms with van der Waals surface area (Å²) in [5, 5.41) is 3.59. The molecule has 0 heterocycles. The molecule has 0 spiro atoms.